The van der Waals surface area contributed by atoms with Crippen molar-refractivity contribution in [3.05, 3.63) is 224 Å². The quantitative estimate of drug-likeness (QED) is 0.173. The number of rotatable bonds is 5. The molecular weight excluding hydrogens is 843 g/mol. The van der Waals surface area contributed by atoms with Gasteiger partial charge in [0.05, 0.1) is 33.1 Å². The molecule has 4 heterocycles. The lowest BCUT2D eigenvalue weighted by atomic mass is 10.0. The molecule has 0 fully saturated rings. The maximum Gasteiger partial charge on any atom is 0.164 e. The van der Waals surface area contributed by atoms with E-state index in [1.54, 1.807) is 0 Å². The summed E-state index contributed by atoms with van der Waals surface area (Å²) in [4.78, 5) is 16.3. The lowest BCUT2D eigenvalue weighted by Gasteiger charge is -2.14. The molecule has 0 saturated carbocycles. The normalized spacial score (nSPS) is 12.1. The second-order valence-corrected chi connectivity index (χ2v) is 18.0. The molecule has 0 aliphatic heterocycles. The summed E-state index contributed by atoms with van der Waals surface area (Å²) in [7, 11) is 0. The monoisotopic (exact) mass is 879 g/mol. The van der Waals surface area contributed by atoms with Gasteiger partial charge in [-0.15, -0.1) is 0 Å². The van der Waals surface area contributed by atoms with Crippen molar-refractivity contribution in [2.24, 2.45) is 0 Å². The number of benzene rings is 11. The van der Waals surface area contributed by atoms with Gasteiger partial charge in [-0.2, -0.15) is 0 Å². The van der Waals surface area contributed by atoms with Crippen LogP contribution >= 0.6 is 0 Å². The zero-order valence-electron chi connectivity index (χ0n) is 37.0. The topological polar surface area (TPSA) is 61.7 Å². The van der Waals surface area contributed by atoms with Crippen LogP contribution in [0, 0.1) is 0 Å². The Bertz CT molecular complexity index is 4620. The van der Waals surface area contributed by atoms with Crippen LogP contribution in [0.5, 0.6) is 0 Å². The van der Waals surface area contributed by atoms with Gasteiger partial charge >= 0.3 is 0 Å². The summed E-state index contributed by atoms with van der Waals surface area (Å²) in [5, 5.41) is 13.5. The molecule has 0 amide bonds. The van der Waals surface area contributed by atoms with E-state index in [4.69, 9.17) is 19.4 Å². The SMILES string of the molecule is c1ccc(-n2c3ccccc3c3c(-c4nc(-c5ccc6ccccc6c5)nc(-c5cc(-n6c7ccccc7c7cc8ccccc8cc76)c6c(c5)oc5c7ccccc7ccc56)n4)cccc32)cc1. The van der Waals surface area contributed by atoms with Crippen LogP contribution in [0.1, 0.15) is 0 Å². The Morgan fingerprint density at radius 1 is 0.319 bits per heavy atom. The third-order valence-corrected chi connectivity index (χ3v) is 14.1. The van der Waals surface area contributed by atoms with E-state index in [0.717, 1.165) is 104 Å². The Balaban J connectivity index is 1.06. The largest absolute Gasteiger partial charge is 0.455 e. The van der Waals surface area contributed by atoms with Crippen molar-refractivity contribution in [3.8, 4) is 45.5 Å². The molecule has 11 aromatic carbocycles. The summed E-state index contributed by atoms with van der Waals surface area (Å²) in [5.74, 6) is 1.72. The summed E-state index contributed by atoms with van der Waals surface area (Å²) < 4.78 is 11.9. The van der Waals surface area contributed by atoms with Gasteiger partial charge < -0.3 is 13.6 Å². The minimum absolute atomic E-state index is 0.548. The van der Waals surface area contributed by atoms with Crippen LogP contribution in [0.3, 0.4) is 0 Å². The van der Waals surface area contributed by atoms with Gasteiger partial charge in [-0.05, 0) is 93.7 Å². The number of aromatic nitrogens is 5. The smallest absolute Gasteiger partial charge is 0.164 e. The van der Waals surface area contributed by atoms with E-state index in [2.05, 4.69) is 234 Å². The van der Waals surface area contributed by atoms with E-state index in [0.29, 0.717) is 17.5 Å². The predicted molar refractivity (Wildman–Crippen MR) is 285 cm³/mol. The summed E-state index contributed by atoms with van der Waals surface area (Å²) in [6.07, 6.45) is 0. The molecular formula is C63H37N5O. The molecule has 0 unspecified atom stereocenters. The number of para-hydroxylation sites is 3. The third kappa shape index (κ3) is 5.69. The zero-order chi connectivity index (χ0) is 45.2. The highest BCUT2D eigenvalue weighted by molar-refractivity contribution is 6.21. The van der Waals surface area contributed by atoms with Crippen LogP contribution < -0.4 is 0 Å². The maximum absolute atomic E-state index is 7.10. The first-order chi connectivity index (χ1) is 34.2. The molecule has 0 N–H and O–H groups in total. The van der Waals surface area contributed by atoms with Crippen molar-refractivity contribution in [3.63, 3.8) is 0 Å². The van der Waals surface area contributed by atoms with E-state index < -0.39 is 0 Å². The number of nitrogens with zero attached hydrogens (tertiary/aromatic N) is 5. The molecule has 0 atom stereocenters. The fourth-order valence-electron chi connectivity index (χ4n) is 11.0. The van der Waals surface area contributed by atoms with Crippen LogP contribution in [0.2, 0.25) is 0 Å². The van der Waals surface area contributed by atoms with Crippen LogP contribution in [0.4, 0.5) is 0 Å². The Morgan fingerprint density at radius 2 is 0.928 bits per heavy atom. The van der Waals surface area contributed by atoms with Crippen molar-refractivity contribution in [2.45, 2.75) is 0 Å². The molecule has 15 rings (SSSR count). The molecule has 6 heteroatoms. The molecule has 0 saturated heterocycles. The lowest BCUT2D eigenvalue weighted by Crippen LogP contribution is -2.02. The summed E-state index contributed by atoms with van der Waals surface area (Å²) >= 11 is 0. The Morgan fingerprint density at radius 3 is 1.74 bits per heavy atom. The van der Waals surface area contributed by atoms with Crippen molar-refractivity contribution in [1.82, 2.24) is 24.1 Å². The number of hydrogen-bond acceptors (Lipinski definition) is 4. The first-order valence-electron chi connectivity index (χ1n) is 23.3. The first-order valence-corrected chi connectivity index (χ1v) is 23.3. The van der Waals surface area contributed by atoms with Gasteiger partial charge in [0, 0.05) is 54.7 Å². The highest BCUT2D eigenvalue weighted by atomic mass is 16.3. The minimum atomic E-state index is 0.548. The highest BCUT2D eigenvalue weighted by Crippen LogP contribution is 2.44. The fraction of sp³-hybridized carbons (Fsp3) is 0. The first kappa shape index (κ1) is 37.8. The van der Waals surface area contributed by atoms with Crippen molar-refractivity contribution < 1.29 is 4.42 Å². The summed E-state index contributed by atoms with van der Waals surface area (Å²) in [5.41, 5.74) is 10.7. The fourth-order valence-corrected chi connectivity index (χ4v) is 11.0. The number of hydrogen-bond donors (Lipinski definition) is 0. The molecule has 0 aliphatic carbocycles. The molecule has 0 aliphatic rings. The molecule has 15 aromatic rings. The van der Waals surface area contributed by atoms with Crippen molar-refractivity contribution >= 4 is 97.9 Å². The van der Waals surface area contributed by atoms with Gasteiger partial charge in [-0.25, -0.2) is 15.0 Å². The molecule has 69 heavy (non-hydrogen) atoms. The molecule has 0 bridgehead atoms. The molecule has 320 valence electrons. The summed E-state index contributed by atoms with van der Waals surface area (Å²) in [6.45, 7) is 0. The van der Waals surface area contributed by atoms with Crippen LogP contribution in [0.25, 0.3) is 143 Å². The van der Waals surface area contributed by atoms with Crippen molar-refractivity contribution in [1.29, 1.82) is 0 Å². The van der Waals surface area contributed by atoms with E-state index in [9.17, 15) is 0 Å². The average Bonchev–Trinajstić information content (AvgIpc) is 4.08. The Hall–Kier alpha value is -9.39. The Labute approximate surface area is 394 Å². The van der Waals surface area contributed by atoms with Gasteiger partial charge in [0.15, 0.2) is 17.5 Å². The van der Waals surface area contributed by atoms with E-state index in [1.807, 2.05) is 0 Å². The molecule has 6 nitrogen and oxygen atoms in total. The second kappa shape index (κ2) is 14.6. The number of furan rings is 1. The van der Waals surface area contributed by atoms with Gasteiger partial charge in [0.2, 0.25) is 0 Å². The van der Waals surface area contributed by atoms with Crippen LogP contribution in [-0.4, -0.2) is 24.1 Å². The van der Waals surface area contributed by atoms with Crippen LogP contribution in [-0.2, 0) is 0 Å². The predicted octanol–water partition coefficient (Wildman–Crippen LogP) is 16.4. The van der Waals surface area contributed by atoms with Gasteiger partial charge in [-0.3, -0.25) is 0 Å². The maximum atomic E-state index is 7.10. The van der Waals surface area contributed by atoms with E-state index in [-0.39, 0.29) is 0 Å². The third-order valence-electron chi connectivity index (χ3n) is 14.1. The van der Waals surface area contributed by atoms with E-state index >= 15 is 0 Å². The highest BCUT2D eigenvalue weighted by Gasteiger charge is 2.24. The molecule has 4 aromatic heterocycles. The summed E-state index contributed by atoms with van der Waals surface area (Å²) in [6, 6.07) is 79.7. The van der Waals surface area contributed by atoms with Crippen LogP contribution in [0.15, 0.2) is 229 Å². The zero-order valence-corrected chi connectivity index (χ0v) is 37.0. The lowest BCUT2D eigenvalue weighted by molar-refractivity contribution is 0.672. The number of fused-ring (bicyclic) bond motifs is 13. The molecule has 0 spiro atoms. The van der Waals surface area contributed by atoms with E-state index in [1.165, 1.54) is 21.5 Å². The Kier molecular flexibility index (Phi) is 7.97. The van der Waals surface area contributed by atoms with Crippen molar-refractivity contribution in [2.75, 3.05) is 0 Å². The standard InChI is InChI=1S/C63H37N5O/c1-2-20-45(21-3-1)67-53-27-13-11-24-48(53)58-50(25-14-28-54(58)67)63-65-61(43-30-29-38-15-4-5-17-40(38)33-43)64-62(66-63)44-36-56(59-49-32-31-39-16-8-9-22-46(39)60(49)69-57(59)37-44)68-52-26-12-10-23-47(52)51-34-41-18-6-7-19-42(41)35-55(51)68/h1-37H. The van der Waals surface area contributed by atoms with Gasteiger partial charge in [0.1, 0.15) is 11.2 Å². The van der Waals surface area contributed by atoms with Gasteiger partial charge in [0.25, 0.3) is 0 Å². The average molecular weight is 880 g/mol. The minimum Gasteiger partial charge on any atom is -0.455 e. The van der Waals surface area contributed by atoms with Gasteiger partial charge in [-0.1, -0.05) is 158 Å². The second-order valence-electron chi connectivity index (χ2n) is 18.0. The molecule has 0 radical (unpaired) electrons.